The number of esters is 1. The fourth-order valence-corrected chi connectivity index (χ4v) is 5.17. The number of hydrogen-bond acceptors (Lipinski definition) is 7. The highest BCUT2D eigenvalue weighted by Gasteiger charge is 2.19. The van der Waals surface area contributed by atoms with Crippen molar-refractivity contribution in [3.8, 4) is 10.4 Å². The van der Waals surface area contributed by atoms with Crippen molar-refractivity contribution >= 4 is 49.8 Å². The van der Waals surface area contributed by atoms with Gasteiger partial charge in [-0.2, -0.15) is 0 Å². The molecule has 7 nitrogen and oxygen atoms in total. The summed E-state index contributed by atoms with van der Waals surface area (Å²) >= 11 is 2.68. The number of carbonyl (C=O) groups excluding carboxylic acids is 2. The summed E-state index contributed by atoms with van der Waals surface area (Å²) in [7, 11) is 0. The summed E-state index contributed by atoms with van der Waals surface area (Å²) in [6.45, 7) is 3.64. The van der Waals surface area contributed by atoms with Crippen LogP contribution in [0.25, 0.3) is 20.7 Å². The minimum atomic E-state index is -0.498. The predicted molar refractivity (Wildman–Crippen MR) is 123 cm³/mol. The lowest BCUT2D eigenvalue weighted by Crippen LogP contribution is -2.28. The summed E-state index contributed by atoms with van der Waals surface area (Å²) < 4.78 is 6.28. The number of nitrogens with zero attached hydrogens (tertiary/aromatic N) is 2. The van der Waals surface area contributed by atoms with Crippen LogP contribution in [0.2, 0.25) is 0 Å². The Balaban J connectivity index is 1.60. The van der Waals surface area contributed by atoms with Crippen molar-refractivity contribution in [1.82, 2.24) is 9.55 Å². The normalized spacial score (nSPS) is 10.9. The van der Waals surface area contributed by atoms with Gasteiger partial charge in [-0.15, -0.1) is 22.7 Å². The Kier molecular flexibility index (Phi) is 5.97. The maximum absolute atomic E-state index is 13.1. The van der Waals surface area contributed by atoms with Gasteiger partial charge in [-0.1, -0.05) is 30.3 Å². The maximum Gasteiger partial charge on any atom is 0.341 e. The molecule has 1 amide bonds. The second-order valence-electron chi connectivity index (χ2n) is 6.71. The van der Waals surface area contributed by atoms with Gasteiger partial charge in [0.2, 0.25) is 5.91 Å². The van der Waals surface area contributed by atoms with Gasteiger partial charge in [0.1, 0.15) is 16.4 Å². The molecule has 0 aliphatic heterocycles. The van der Waals surface area contributed by atoms with E-state index in [0.29, 0.717) is 20.8 Å². The standard InChI is InChI=1S/C22H19N3O4S2/c1-3-29-22(28)15-9-10-30-19(15)24-16(26)11-25-12-23-20-17(21(25)27)13(2)18(31-20)14-7-5-4-6-8-14/h4-10,12H,3,11H2,1-2H3,(H,24,26). The Morgan fingerprint density at radius 1 is 1.19 bits per heavy atom. The highest BCUT2D eigenvalue weighted by Crippen LogP contribution is 2.35. The molecule has 9 heteroatoms. The Bertz CT molecular complexity index is 1320. The van der Waals surface area contributed by atoms with Crippen LogP contribution < -0.4 is 10.9 Å². The molecule has 0 radical (unpaired) electrons. The lowest BCUT2D eigenvalue weighted by molar-refractivity contribution is -0.116. The highest BCUT2D eigenvalue weighted by molar-refractivity contribution is 7.22. The van der Waals surface area contributed by atoms with Gasteiger partial charge in [0.05, 0.1) is 23.9 Å². The van der Waals surface area contributed by atoms with E-state index in [4.69, 9.17) is 4.74 Å². The molecule has 3 heterocycles. The molecule has 4 rings (SSSR count). The van der Waals surface area contributed by atoms with Crippen LogP contribution in [0.3, 0.4) is 0 Å². The number of aromatic nitrogens is 2. The Morgan fingerprint density at radius 3 is 2.71 bits per heavy atom. The summed E-state index contributed by atoms with van der Waals surface area (Å²) in [6, 6.07) is 11.4. The topological polar surface area (TPSA) is 90.3 Å². The molecule has 0 saturated carbocycles. The molecule has 0 aliphatic rings. The van der Waals surface area contributed by atoms with E-state index in [-0.39, 0.29) is 18.7 Å². The zero-order valence-corrected chi connectivity index (χ0v) is 18.5. The zero-order valence-electron chi connectivity index (χ0n) is 16.9. The number of rotatable bonds is 6. The number of anilines is 1. The number of aryl methyl sites for hydroxylation is 1. The van der Waals surface area contributed by atoms with E-state index in [1.54, 1.807) is 18.4 Å². The van der Waals surface area contributed by atoms with Crippen LogP contribution >= 0.6 is 22.7 Å². The molecule has 0 spiro atoms. The van der Waals surface area contributed by atoms with E-state index < -0.39 is 11.9 Å². The fraction of sp³-hybridized carbons (Fsp3) is 0.182. The Labute approximate surface area is 185 Å². The van der Waals surface area contributed by atoms with Gasteiger partial charge in [-0.05, 0) is 36.4 Å². The molecule has 0 atom stereocenters. The number of fused-ring (bicyclic) bond motifs is 1. The first-order valence-corrected chi connectivity index (χ1v) is 11.3. The van der Waals surface area contributed by atoms with Crippen LogP contribution in [0.15, 0.2) is 52.9 Å². The van der Waals surface area contributed by atoms with E-state index in [9.17, 15) is 14.4 Å². The molecular weight excluding hydrogens is 434 g/mol. The van der Waals surface area contributed by atoms with Crippen LogP contribution in [-0.4, -0.2) is 28.0 Å². The number of thiophene rings is 2. The third kappa shape index (κ3) is 4.14. The molecule has 0 bridgehead atoms. The van der Waals surface area contributed by atoms with E-state index >= 15 is 0 Å². The summed E-state index contributed by atoms with van der Waals surface area (Å²) in [4.78, 5) is 43.7. The lowest BCUT2D eigenvalue weighted by Gasteiger charge is -2.08. The van der Waals surface area contributed by atoms with Crippen LogP contribution in [-0.2, 0) is 16.1 Å². The minimum Gasteiger partial charge on any atom is -0.462 e. The number of amides is 1. The van der Waals surface area contributed by atoms with Crippen molar-refractivity contribution < 1.29 is 14.3 Å². The number of carbonyl (C=O) groups is 2. The minimum absolute atomic E-state index is 0.210. The van der Waals surface area contributed by atoms with E-state index in [2.05, 4.69) is 10.3 Å². The molecule has 4 aromatic rings. The van der Waals surface area contributed by atoms with Gasteiger partial charge in [0, 0.05) is 4.88 Å². The average molecular weight is 454 g/mol. The third-order valence-electron chi connectivity index (χ3n) is 4.68. The van der Waals surface area contributed by atoms with Crippen molar-refractivity contribution in [2.24, 2.45) is 0 Å². The fourth-order valence-electron chi connectivity index (χ4n) is 3.23. The summed E-state index contributed by atoms with van der Waals surface area (Å²) in [5.41, 5.74) is 1.90. The molecule has 1 aromatic carbocycles. The van der Waals surface area contributed by atoms with Gasteiger partial charge >= 0.3 is 5.97 Å². The quantitative estimate of drug-likeness (QED) is 0.439. The average Bonchev–Trinajstić information content (AvgIpc) is 3.35. The first-order chi connectivity index (χ1) is 15.0. The van der Waals surface area contributed by atoms with Crippen molar-refractivity contribution in [3.63, 3.8) is 0 Å². The largest absolute Gasteiger partial charge is 0.462 e. The molecule has 158 valence electrons. The second-order valence-corrected chi connectivity index (χ2v) is 8.63. The Hall–Kier alpha value is -3.30. The molecule has 0 saturated heterocycles. The van der Waals surface area contributed by atoms with Crippen molar-refractivity contribution in [3.05, 3.63) is 69.6 Å². The number of nitrogens with one attached hydrogen (secondary N) is 1. The molecule has 1 N–H and O–H groups in total. The van der Waals surface area contributed by atoms with E-state index in [1.807, 2.05) is 37.3 Å². The van der Waals surface area contributed by atoms with E-state index in [1.165, 1.54) is 33.6 Å². The van der Waals surface area contributed by atoms with Crippen LogP contribution in [0, 0.1) is 6.92 Å². The highest BCUT2D eigenvalue weighted by atomic mass is 32.1. The number of ether oxygens (including phenoxy) is 1. The van der Waals surface area contributed by atoms with Crippen LogP contribution in [0.1, 0.15) is 22.8 Å². The molecular formula is C22H19N3O4S2. The number of benzene rings is 1. The summed E-state index contributed by atoms with van der Waals surface area (Å²) in [6.07, 6.45) is 1.38. The van der Waals surface area contributed by atoms with Gasteiger partial charge in [-0.25, -0.2) is 9.78 Å². The molecule has 0 aliphatic carbocycles. The van der Waals surface area contributed by atoms with Crippen molar-refractivity contribution in [2.75, 3.05) is 11.9 Å². The summed E-state index contributed by atoms with van der Waals surface area (Å²) in [5, 5.41) is 5.30. The molecule has 3 aromatic heterocycles. The monoisotopic (exact) mass is 453 g/mol. The van der Waals surface area contributed by atoms with Crippen molar-refractivity contribution in [1.29, 1.82) is 0 Å². The zero-order chi connectivity index (χ0) is 22.0. The van der Waals surface area contributed by atoms with Gasteiger partial charge < -0.3 is 10.1 Å². The first-order valence-electron chi connectivity index (χ1n) is 9.58. The number of hydrogen-bond donors (Lipinski definition) is 1. The summed E-state index contributed by atoms with van der Waals surface area (Å²) in [5.74, 6) is -0.922. The lowest BCUT2D eigenvalue weighted by atomic mass is 10.1. The second kappa shape index (κ2) is 8.83. The van der Waals surface area contributed by atoms with Crippen LogP contribution in [0.5, 0.6) is 0 Å². The predicted octanol–water partition coefficient (Wildman–Crippen LogP) is 4.31. The maximum atomic E-state index is 13.1. The van der Waals surface area contributed by atoms with Crippen molar-refractivity contribution in [2.45, 2.75) is 20.4 Å². The van der Waals surface area contributed by atoms with Crippen LogP contribution in [0.4, 0.5) is 5.00 Å². The van der Waals surface area contributed by atoms with Gasteiger partial charge in [0.25, 0.3) is 5.56 Å². The third-order valence-corrected chi connectivity index (χ3v) is 6.76. The SMILES string of the molecule is CCOC(=O)c1ccsc1NC(=O)Cn1cnc2sc(-c3ccccc3)c(C)c2c1=O. The smallest absolute Gasteiger partial charge is 0.341 e. The van der Waals surface area contributed by atoms with Gasteiger partial charge in [-0.3, -0.25) is 14.2 Å². The molecule has 0 unspecified atom stereocenters. The Morgan fingerprint density at radius 2 is 1.97 bits per heavy atom. The molecule has 31 heavy (non-hydrogen) atoms. The first kappa shape index (κ1) is 21.0. The van der Waals surface area contributed by atoms with Gasteiger partial charge in [0.15, 0.2) is 0 Å². The molecule has 0 fully saturated rings. The van der Waals surface area contributed by atoms with E-state index in [0.717, 1.165) is 16.0 Å².